The summed E-state index contributed by atoms with van der Waals surface area (Å²) in [5.41, 5.74) is 2.30. The standard InChI is InChI=1S/C20H26FN7O2/c1-3-30-19-14-4-6-22-18(14)25-20(26-19)24-16-8-23-28(12(16)2)17-5-7-27(9-15(17)21)13-10-29-11-13/h4,6,8,13,15,17H,3,5,7,9-11H2,1-2H3,(H2,22,24,25,26)/t15-,17+/m1/s1. The van der Waals surface area contributed by atoms with Gasteiger partial charge in [-0.3, -0.25) is 9.58 Å². The van der Waals surface area contributed by atoms with E-state index >= 15 is 0 Å². The number of nitrogens with one attached hydrogen (secondary N) is 2. The Morgan fingerprint density at radius 3 is 2.97 bits per heavy atom. The van der Waals surface area contributed by atoms with Crippen LogP contribution in [0, 0.1) is 6.92 Å². The number of halogens is 1. The number of rotatable bonds is 6. The zero-order valence-corrected chi connectivity index (χ0v) is 17.1. The summed E-state index contributed by atoms with van der Waals surface area (Å²) in [6.07, 6.45) is 3.26. The second kappa shape index (κ2) is 7.84. The molecule has 2 aliphatic rings. The molecule has 9 nitrogen and oxygen atoms in total. The lowest BCUT2D eigenvalue weighted by Crippen LogP contribution is -2.55. The van der Waals surface area contributed by atoms with Gasteiger partial charge in [0.05, 0.1) is 54.9 Å². The molecule has 0 amide bonds. The highest BCUT2D eigenvalue weighted by Crippen LogP contribution is 2.31. The summed E-state index contributed by atoms with van der Waals surface area (Å²) in [7, 11) is 0. The molecule has 160 valence electrons. The van der Waals surface area contributed by atoms with Gasteiger partial charge in [-0.2, -0.15) is 15.1 Å². The predicted octanol–water partition coefficient (Wildman–Crippen LogP) is 2.59. The highest BCUT2D eigenvalue weighted by Gasteiger charge is 2.37. The van der Waals surface area contributed by atoms with Crippen LogP contribution in [-0.4, -0.2) is 74.8 Å². The fraction of sp³-hybridized carbons (Fsp3) is 0.550. The molecule has 5 heterocycles. The van der Waals surface area contributed by atoms with E-state index in [1.807, 2.05) is 19.9 Å². The molecule has 0 radical (unpaired) electrons. The number of anilines is 2. The number of fused-ring (bicyclic) bond motifs is 1. The molecular weight excluding hydrogens is 389 g/mol. The molecule has 2 saturated heterocycles. The van der Waals surface area contributed by atoms with Crippen LogP contribution in [-0.2, 0) is 4.74 Å². The second-order valence-corrected chi connectivity index (χ2v) is 7.80. The minimum absolute atomic E-state index is 0.274. The largest absolute Gasteiger partial charge is 0.477 e. The van der Waals surface area contributed by atoms with Gasteiger partial charge in [-0.25, -0.2) is 4.39 Å². The Hall–Kier alpha value is -2.72. The molecule has 0 aromatic carbocycles. The minimum Gasteiger partial charge on any atom is -0.477 e. The highest BCUT2D eigenvalue weighted by molar-refractivity contribution is 5.82. The molecule has 2 aliphatic heterocycles. The number of aromatic amines is 1. The molecule has 0 unspecified atom stereocenters. The quantitative estimate of drug-likeness (QED) is 0.639. The van der Waals surface area contributed by atoms with E-state index in [9.17, 15) is 4.39 Å². The molecule has 2 N–H and O–H groups in total. The summed E-state index contributed by atoms with van der Waals surface area (Å²) in [6, 6.07) is 1.97. The average molecular weight is 415 g/mol. The van der Waals surface area contributed by atoms with Crippen molar-refractivity contribution in [3.63, 3.8) is 0 Å². The molecule has 5 rings (SSSR count). The minimum atomic E-state index is -0.970. The Morgan fingerprint density at radius 2 is 2.23 bits per heavy atom. The molecule has 0 saturated carbocycles. The molecule has 3 aromatic rings. The van der Waals surface area contributed by atoms with Crippen LogP contribution in [0.5, 0.6) is 5.88 Å². The van der Waals surface area contributed by atoms with Crippen LogP contribution in [0.15, 0.2) is 18.5 Å². The van der Waals surface area contributed by atoms with Crippen LogP contribution >= 0.6 is 0 Å². The Balaban J connectivity index is 1.34. The highest BCUT2D eigenvalue weighted by atomic mass is 19.1. The van der Waals surface area contributed by atoms with Crippen LogP contribution in [0.3, 0.4) is 0 Å². The summed E-state index contributed by atoms with van der Waals surface area (Å²) in [5.74, 6) is 0.931. The van der Waals surface area contributed by atoms with Crippen molar-refractivity contribution in [2.45, 2.75) is 38.5 Å². The summed E-state index contributed by atoms with van der Waals surface area (Å²) < 4.78 is 27.7. The first-order valence-electron chi connectivity index (χ1n) is 10.4. The van der Waals surface area contributed by atoms with Gasteiger partial charge in [0.25, 0.3) is 0 Å². The summed E-state index contributed by atoms with van der Waals surface area (Å²) >= 11 is 0. The van der Waals surface area contributed by atoms with Crippen LogP contribution < -0.4 is 10.1 Å². The van der Waals surface area contributed by atoms with Crippen LogP contribution in [0.1, 0.15) is 25.1 Å². The van der Waals surface area contributed by atoms with Gasteiger partial charge in [0.15, 0.2) is 0 Å². The van der Waals surface area contributed by atoms with Gasteiger partial charge in [-0.05, 0) is 26.3 Å². The molecule has 10 heteroatoms. The van der Waals surface area contributed by atoms with Crippen LogP contribution in [0.2, 0.25) is 0 Å². The normalized spacial score (nSPS) is 22.9. The van der Waals surface area contributed by atoms with Crippen molar-refractivity contribution in [1.29, 1.82) is 0 Å². The third-order valence-electron chi connectivity index (χ3n) is 5.94. The molecule has 0 spiro atoms. The van der Waals surface area contributed by atoms with E-state index in [4.69, 9.17) is 9.47 Å². The van der Waals surface area contributed by atoms with Crippen molar-refractivity contribution in [3.05, 3.63) is 24.2 Å². The fourth-order valence-electron chi connectivity index (χ4n) is 4.17. The van der Waals surface area contributed by atoms with E-state index in [-0.39, 0.29) is 6.04 Å². The first kappa shape index (κ1) is 19.3. The third-order valence-corrected chi connectivity index (χ3v) is 5.94. The van der Waals surface area contributed by atoms with E-state index in [0.717, 1.165) is 29.7 Å². The Labute approximate surface area is 173 Å². The predicted molar refractivity (Wildman–Crippen MR) is 110 cm³/mol. The van der Waals surface area contributed by atoms with E-state index in [2.05, 4.69) is 30.3 Å². The molecule has 2 atom stereocenters. The SMILES string of the molecule is CCOc1nc(Nc2cnn([C@H]3CCN(C4COC4)C[C@H]3F)c2C)nc2[nH]ccc12. The number of piperidine rings is 1. The van der Waals surface area contributed by atoms with E-state index < -0.39 is 6.17 Å². The summed E-state index contributed by atoms with van der Waals surface area (Å²) in [6.45, 7) is 7.06. The monoisotopic (exact) mass is 415 g/mol. The smallest absolute Gasteiger partial charge is 0.232 e. The first-order chi connectivity index (χ1) is 14.6. The van der Waals surface area contributed by atoms with Crippen molar-refractivity contribution >= 4 is 22.7 Å². The maximum Gasteiger partial charge on any atom is 0.232 e. The molecular formula is C20H26FN7O2. The Bertz CT molecular complexity index is 1030. The second-order valence-electron chi connectivity index (χ2n) is 7.80. The molecule has 0 bridgehead atoms. The molecule has 3 aromatic heterocycles. The van der Waals surface area contributed by atoms with Crippen LogP contribution in [0.4, 0.5) is 16.0 Å². The molecule has 30 heavy (non-hydrogen) atoms. The zero-order chi connectivity index (χ0) is 20.7. The van der Waals surface area contributed by atoms with Crippen molar-refractivity contribution in [3.8, 4) is 5.88 Å². The summed E-state index contributed by atoms with van der Waals surface area (Å²) in [4.78, 5) is 14.3. The van der Waals surface area contributed by atoms with E-state index in [1.165, 1.54) is 0 Å². The lowest BCUT2D eigenvalue weighted by molar-refractivity contribution is -0.0848. The van der Waals surface area contributed by atoms with E-state index in [1.54, 1.807) is 17.1 Å². The molecule has 2 fully saturated rings. The number of hydrogen-bond acceptors (Lipinski definition) is 7. The third kappa shape index (κ3) is 3.39. The first-order valence-corrected chi connectivity index (χ1v) is 10.4. The van der Waals surface area contributed by atoms with Gasteiger partial charge in [-0.1, -0.05) is 0 Å². The van der Waals surface area contributed by atoms with Gasteiger partial charge in [0.1, 0.15) is 11.8 Å². The number of H-pyrrole nitrogens is 1. The number of alkyl halides is 1. The van der Waals surface area contributed by atoms with Crippen LogP contribution in [0.25, 0.3) is 11.0 Å². The Kier molecular flexibility index (Phi) is 5.03. The van der Waals surface area contributed by atoms with Crippen molar-refractivity contribution < 1.29 is 13.9 Å². The number of nitrogens with zero attached hydrogens (tertiary/aromatic N) is 5. The number of aromatic nitrogens is 5. The van der Waals surface area contributed by atoms with Gasteiger partial charge < -0.3 is 19.8 Å². The topological polar surface area (TPSA) is 93.1 Å². The number of likely N-dealkylation sites (tertiary alicyclic amines) is 1. The average Bonchev–Trinajstić information content (AvgIpc) is 3.29. The van der Waals surface area contributed by atoms with E-state index in [0.29, 0.717) is 49.9 Å². The van der Waals surface area contributed by atoms with Gasteiger partial charge >= 0.3 is 0 Å². The van der Waals surface area contributed by atoms with Gasteiger partial charge in [-0.15, -0.1) is 0 Å². The zero-order valence-electron chi connectivity index (χ0n) is 17.1. The number of ether oxygens (including phenoxy) is 2. The van der Waals surface area contributed by atoms with Gasteiger partial charge in [0.2, 0.25) is 11.8 Å². The van der Waals surface area contributed by atoms with Crippen molar-refractivity contribution in [2.24, 2.45) is 0 Å². The Morgan fingerprint density at radius 1 is 1.37 bits per heavy atom. The van der Waals surface area contributed by atoms with Gasteiger partial charge in [0, 0.05) is 19.3 Å². The van der Waals surface area contributed by atoms with Crippen molar-refractivity contribution in [2.75, 3.05) is 38.2 Å². The summed E-state index contributed by atoms with van der Waals surface area (Å²) in [5, 5.41) is 8.53. The maximum absolute atomic E-state index is 15.0. The lowest BCUT2D eigenvalue weighted by Gasteiger charge is -2.42. The number of hydrogen-bond donors (Lipinski definition) is 2. The van der Waals surface area contributed by atoms with Crippen molar-refractivity contribution in [1.82, 2.24) is 29.6 Å². The maximum atomic E-state index is 15.0. The fourth-order valence-corrected chi connectivity index (χ4v) is 4.17. The lowest BCUT2D eigenvalue weighted by atomic mass is 10.0. The molecule has 0 aliphatic carbocycles.